The van der Waals surface area contributed by atoms with Crippen molar-refractivity contribution in [1.82, 2.24) is 5.32 Å². The summed E-state index contributed by atoms with van der Waals surface area (Å²) in [6, 6.07) is 0. The van der Waals surface area contributed by atoms with Gasteiger partial charge in [0.15, 0.2) is 0 Å². The van der Waals surface area contributed by atoms with Gasteiger partial charge in [-0.25, -0.2) is 0 Å². The van der Waals surface area contributed by atoms with Crippen LogP contribution in [0.1, 0.15) is 68.1 Å². The molecule has 0 aromatic carbocycles. The van der Waals surface area contributed by atoms with E-state index in [9.17, 15) is 9.59 Å². The van der Waals surface area contributed by atoms with Gasteiger partial charge in [0.25, 0.3) is 0 Å². The number of ketones is 1. The summed E-state index contributed by atoms with van der Waals surface area (Å²) in [7, 11) is 0. The van der Waals surface area contributed by atoms with Crippen molar-refractivity contribution < 1.29 is 11.0 Å². The molecular weight excluding hydrogens is 214 g/mol. The van der Waals surface area contributed by atoms with Crippen molar-refractivity contribution in [3.63, 3.8) is 0 Å². The van der Waals surface area contributed by atoms with E-state index in [2.05, 4.69) is 5.32 Å². The summed E-state index contributed by atoms with van der Waals surface area (Å²) in [5.74, 6) is 0.804. The summed E-state index contributed by atoms with van der Waals surface area (Å²) in [6.45, 7) is 10.4. The molecule has 0 fully saturated rings. The Morgan fingerprint density at radius 2 is 1.71 bits per heavy atom. The monoisotopic (exact) mass is 245 g/mol. The second-order valence-electron chi connectivity index (χ2n) is 4.46. The third kappa shape index (κ3) is 17.7. The molecule has 17 heavy (non-hydrogen) atoms. The van der Waals surface area contributed by atoms with Gasteiger partial charge in [0.05, 0.1) is 0 Å². The van der Waals surface area contributed by atoms with Gasteiger partial charge in [0.2, 0.25) is 5.91 Å². The van der Waals surface area contributed by atoms with Crippen molar-refractivity contribution in [2.45, 2.75) is 66.7 Å². The molecule has 0 atom stereocenters. The van der Waals surface area contributed by atoms with E-state index in [4.69, 9.17) is 0 Å². The number of amides is 1. The van der Waals surface area contributed by atoms with Gasteiger partial charge in [-0.3, -0.25) is 4.79 Å². The highest BCUT2D eigenvalue weighted by Gasteiger charge is 2.03. The highest BCUT2D eigenvalue weighted by atomic mass is 16.1. The van der Waals surface area contributed by atoms with Crippen LogP contribution in [0, 0.1) is 5.92 Å². The lowest BCUT2D eigenvalue weighted by atomic mass is 10.1. The number of nitrogens with one attached hydrogen (secondary N) is 1. The number of rotatable bonds is 8. The molecule has 104 valence electrons. The SMILES string of the molecule is CC.CC(=O)CCCCCNC(=O)CC(C)C.[HH]. The lowest BCUT2D eigenvalue weighted by Crippen LogP contribution is -2.25. The Labute approximate surface area is 108 Å². The minimum atomic E-state index is 0. The zero-order valence-corrected chi connectivity index (χ0v) is 12.1. The molecule has 3 nitrogen and oxygen atoms in total. The topological polar surface area (TPSA) is 46.2 Å². The zero-order valence-electron chi connectivity index (χ0n) is 12.1. The maximum Gasteiger partial charge on any atom is 0.220 e. The molecule has 3 heteroatoms. The summed E-state index contributed by atoms with van der Waals surface area (Å²) in [5.41, 5.74) is 0. The Bertz CT molecular complexity index is 206. The van der Waals surface area contributed by atoms with E-state index >= 15 is 0 Å². The first-order chi connectivity index (χ1) is 8.02. The van der Waals surface area contributed by atoms with Crippen LogP contribution in [0.2, 0.25) is 0 Å². The van der Waals surface area contributed by atoms with E-state index in [1.165, 1.54) is 0 Å². The molecule has 0 spiro atoms. The Morgan fingerprint density at radius 3 is 2.18 bits per heavy atom. The fourth-order valence-corrected chi connectivity index (χ4v) is 1.35. The number of Topliss-reactive ketones (excluding diaryl/α,β-unsaturated/α-hetero) is 1. The highest BCUT2D eigenvalue weighted by molar-refractivity contribution is 5.76. The molecule has 0 aliphatic rings. The molecule has 0 rings (SSSR count). The van der Waals surface area contributed by atoms with E-state index in [1.54, 1.807) is 6.92 Å². The van der Waals surface area contributed by atoms with Crippen molar-refractivity contribution in [2.75, 3.05) is 6.54 Å². The van der Waals surface area contributed by atoms with E-state index < -0.39 is 0 Å². The summed E-state index contributed by atoms with van der Waals surface area (Å²) >= 11 is 0. The quantitative estimate of drug-likeness (QED) is 0.664. The third-order valence-electron chi connectivity index (χ3n) is 2.12. The normalized spacial score (nSPS) is 9.53. The van der Waals surface area contributed by atoms with Crippen LogP contribution in [0.4, 0.5) is 0 Å². The lowest BCUT2D eigenvalue weighted by Gasteiger charge is -2.06. The lowest BCUT2D eigenvalue weighted by molar-refractivity contribution is -0.122. The van der Waals surface area contributed by atoms with E-state index in [0.717, 1.165) is 25.8 Å². The standard InChI is InChI=1S/C12H23NO2.C2H6.H2/c1-10(2)9-12(15)13-8-6-4-5-7-11(3)14;1-2;/h10H,4-9H2,1-3H3,(H,13,15);1-2H3;1H. The predicted octanol–water partition coefficient (Wildman–Crippen LogP) is 3.57. The summed E-state index contributed by atoms with van der Waals surface area (Å²) in [4.78, 5) is 21.9. The molecule has 0 saturated heterocycles. The van der Waals surface area contributed by atoms with Crippen LogP contribution in [0.5, 0.6) is 0 Å². The van der Waals surface area contributed by atoms with Crippen LogP contribution in [0.3, 0.4) is 0 Å². The number of carbonyl (C=O) groups excluding carboxylic acids is 2. The number of unbranched alkanes of at least 4 members (excludes halogenated alkanes) is 2. The molecule has 0 radical (unpaired) electrons. The van der Waals surface area contributed by atoms with Crippen LogP contribution in [0.25, 0.3) is 0 Å². The van der Waals surface area contributed by atoms with Gasteiger partial charge in [-0.05, 0) is 25.7 Å². The van der Waals surface area contributed by atoms with Crippen LogP contribution < -0.4 is 5.32 Å². The molecule has 1 N–H and O–H groups in total. The molecule has 0 aromatic rings. The first-order valence-electron chi connectivity index (χ1n) is 6.78. The summed E-state index contributed by atoms with van der Waals surface area (Å²) in [6.07, 6.45) is 4.20. The first kappa shape index (κ1) is 18.5. The average molecular weight is 245 g/mol. The van der Waals surface area contributed by atoms with Gasteiger partial charge in [-0.2, -0.15) is 0 Å². The molecule has 0 bridgehead atoms. The Balaban J connectivity index is -0.000000709. The van der Waals surface area contributed by atoms with Crippen LogP contribution >= 0.6 is 0 Å². The van der Waals surface area contributed by atoms with Crippen molar-refractivity contribution in [2.24, 2.45) is 5.92 Å². The van der Waals surface area contributed by atoms with Crippen LogP contribution in [-0.4, -0.2) is 18.2 Å². The van der Waals surface area contributed by atoms with Gasteiger partial charge >= 0.3 is 0 Å². The second-order valence-corrected chi connectivity index (χ2v) is 4.46. The summed E-state index contributed by atoms with van der Waals surface area (Å²) in [5, 5.41) is 2.88. The number of hydrogen-bond donors (Lipinski definition) is 1. The second kappa shape index (κ2) is 13.2. The Morgan fingerprint density at radius 1 is 1.12 bits per heavy atom. The molecule has 0 aliphatic heterocycles. The van der Waals surface area contributed by atoms with E-state index in [0.29, 0.717) is 18.8 Å². The number of carbonyl (C=O) groups is 2. The zero-order chi connectivity index (χ0) is 13.7. The molecule has 0 aliphatic carbocycles. The third-order valence-corrected chi connectivity index (χ3v) is 2.12. The van der Waals surface area contributed by atoms with Gasteiger partial charge in [-0.15, -0.1) is 0 Å². The minimum Gasteiger partial charge on any atom is -0.356 e. The molecule has 0 aromatic heterocycles. The number of hydrogen-bond acceptors (Lipinski definition) is 2. The molecule has 0 saturated carbocycles. The van der Waals surface area contributed by atoms with Gasteiger partial charge in [0, 0.05) is 20.8 Å². The molecule has 1 amide bonds. The molecule has 0 unspecified atom stereocenters. The van der Waals surface area contributed by atoms with Crippen molar-refractivity contribution >= 4 is 11.7 Å². The van der Waals surface area contributed by atoms with E-state index in [-0.39, 0.29) is 13.1 Å². The average Bonchev–Trinajstić information content (AvgIpc) is 2.24. The fraction of sp³-hybridized carbons (Fsp3) is 0.857. The van der Waals surface area contributed by atoms with Crippen molar-refractivity contribution in [3.8, 4) is 0 Å². The Kier molecular flexibility index (Phi) is 14.4. The largest absolute Gasteiger partial charge is 0.356 e. The minimum absolute atomic E-state index is 0. The predicted molar refractivity (Wildman–Crippen MR) is 75.1 cm³/mol. The maximum atomic E-state index is 11.2. The van der Waals surface area contributed by atoms with E-state index in [1.807, 2.05) is 27.7 Å². The Hall–Kier alpha value is -0.860. The van der Waals surface area contributed by atoms with Crippen molar-refractivity contribution in [3.05, 3.63) is 0 Å². The van der Waals surface area contributed by atoms with Crippen LogP contribution in [0.15, 0.2) is 0 Å². The first-order valence-corrected chi connectivity index (χ1v) is 6.78. The fourth-order valence-electron chi connectivity index (χ4n) is 1.35. The van der Waals surface area contributed by atoms with Gasteiger partial charge in [0.1, 0.15) is 5.78 Å². The highest BCUT2D eigenvalue weighted by Crippen LogP contribution is 2.01. The van der Waals surface area contributed by atoms with Gasteiger partial charge < -0.3 is 10.1 Å². The molecule has 0 heterocycles. The molecular formula is C14H31NO2. The van der Waals surface area contributed by atoms with Crippen molar-refractivity contribution in [1.29, 1.82) is 0 Å². The summed E-state index contributed by atoms with van der Waals surface area (Å²) < 4.78 is 0. The maximum absolute atomic E-state index is 11.2. The van der Waals surface area contributed by atoms with Gasteiger partial charge in [-0.1, -0.05) is 34.1 Å². The smallest absolute Gasteiger partial charge is 0.220 e. The van der Waals surface area contributed by atoms with Crippen LogP contribution in [-0.2, 0) is 9.59 Å².